The van der Waals surface area contributed by atoms with Crippen molar-refractivity contribution >= 4 is 38.2 Å². The van der Waals surface area contributed by atoms with Crippen LogP contribution in [-0.2, 0) is 10.2 Å². The molecule has 0 saturated heterocycles. The third-order valence-corrected chi connectivity index (χ3v) is 4.05. The van der Waals surface area contributed by atoms with Crippen molar-refractivity contribution in [3.05, 3.63) is 27.2 Å². The van der Waals surface area contributed by atoms with E-state index >= 15 is 0 Å². The lowest BCUT2D eigenvalue weighted by atomic mass is 9.86. The van der Waals surface area contributed by atoms with Gasteiger partial charge < -0.3 is 9.16 Å². The zero-order valence-corrected chi connectivity index (χ0v) is 15.3. The van der Waals surface area contributed by atoms with Crippen LogP contribution in [0.25, 0.3) is 0 Å². The van der Waals surface area contributed by atoms with Crippen LogP contribution in [0.5, 0.6) is 5.75 Å². The summed E-state index contributed by atoms with van der Waals surface area (Å²) in [5, 5.41) is 0.840. The zero-order chi connectivity index (χ0) is 15.7. The van der Waals surface area contributed by atoms with Crippen molar-refractivity contribution in [2.24, 2.45) is 0 Å². The fourth-order valence-corrected chi connectivity index (χ4v) is 3.76. The van der Waals surface area contributed by atoms with Gasteiger partial charge in [0.25, 0.3) is 0 Å². The van der Waals surface area contributed by atoms with Crippen LogP contribution in [-0.4, -0.2) is 22.1 Å². The fraction of sp³-hybridized carbons (Fsp3) is 0.500. The summed E-state index contributed by atoms with van der Waals surface area (Å²) in [5.74, 6) is -0.117. The fourth-order valence-electron chi connectivity index (χ4n) is 1.90. The third kappa shape index (κ3) is 3.68. The first kappa shape index (κ1) is 17.3. The van der Waals surface area contributed by atoms with Crippen molar-refractivity contribution in [2.75, 3.05) is 7.11 Å². The summed E-state index contributed by atoms with van der Waals surface area (Å²) in [4.78, 5) is 11.9. The number of esters is 1. The van der Waals surface area contributed by atoms with E-state index in [1.807, 2.05) is 33.9 Å². The van der Waals surface area contributed by atoms with E-state index in [0.29, 0.717) is 15.8 Å². The molecule has 112 valence electrons. The molecule has 0 aliphatic rings. The summed E-state index contributed by atoms with van der Waals surface area (Å²) in [6.07, 6.45) is 0. The summed E-state index contributed by atoms with van der Waals surface area (Å²) in [5.41, 5.74) is 0.800. The number of methoxy groups -OCH3 is 1. The van der Waals surface area contributed by atoms with E-state index in [-0.39, 0.29) is 11.0 Å². The van der Waals surface area contributed by atoms with Gasteiger partial charge in [0.15, 0.2) is 0 Å². The van der Waals surface area contributed by atoms with Gasteiger partial charge in [-0.3, -0.25) is 0 Å². The molecule has 0 aromatic heterocycles. The summed E-state index contributed by atoms with van der Waals surface area (Å²) in [7, 11) is -0.113. The smallest absolute Gasteiger partial charge is 0.341 e. The van der Waals surface area contributed by atoms with Gasteiger partial charge in [-0.2, -0.15) is 0 Å². The second-order valence-electron chi connectivity index (χ2n) is 5.83. The van der Waals surface area contributed by atoms with Crippen LogP contribution >= 0.6 is 23.2 Å². The summed E-state index contributed by atoms with van der Waals surface area (Å²) in [6.45, 7) is 10.0. The highest BCUT2D eigenvalue weighted by molar-refractivity contribution is 6.50. The second kappa shape index (κ2) is 6.37. The third-order valence-electron chi connectivity index (χ3n) is 2.68. The molecule has 0 N–H and O–H groups in total. The Labute approximate surface area is 131 Å². The summed E-state index contributed by atoms with van der Waals surface area (Å²) in [6, 6.07) is 1.58. The molecule has 0 spiro atoms. The van der Waals surface area contributed by atoms with Crippen molar-refractivity contribution in [1.82, 2.24) is 0 Å². The lowest BCUT2D eigenvalue weighted by molar-refractivity contribution is 0.0598. The van der Waals surface area contributed by atoms with Crippen LogP contribution in [0.3, 0.4) is 0 Å². The number of benzene rings is 1. The van der Waals surface area contributed by atoms with Crippen molar-refractivity contribution < 1.29 is 14.0 Å². The first-order valence-corrected chi connectivity index (χ1v) is 9.90. The molecule has 0 saturated carbocycles. The molecule has 1 aromatic carbocycles. The van der Waals surface area contributed by atoms with Crippen molar-refractivity contribution in [3.8, 4) is 5.75 Å². The number of carbonyl (C=O) groups is 1. The van der Waals surface area contributed by atoms with Gasteiger partial charge in [-0.1, -0.05) is 44.0 Å². The summed E-state index contributed by atoms with van der Waals surface area (Å²) >= 11 is 12.7. The second-order valence-corrected chi connectivity index (χ2v) is 8.95. The SMILES string of the molecule is COC(=O)c1cc(Cl)c(C(C)(C)C)c(Cl)c1O[SiH](C)C. The molecular formula is C14H20Cl2O3Si. The Bertz CT molecular complexity index is 522. The van der Waals surface area contributed by atoms with Crippen molar-refractivity contribution in [3.63, 3.8) is 0 Å². The predicted molar refractivity (Wildman–Crippen MR) is 86.0 cm³/mol. The molecule has 0 atom stereocenters. The molecule has 0 amide bonds. The highest BCUT2D eigenvalue weighted by Gasteiger charge is 2.28. The van der Waals surface area contributed by atoms with Gasteiger partial charge in [-0.15, -0.1) is 0 Å². The molecule has 1 rings (SSSR count). The van der Waals surface area contributed by atoms with Gasteiger partial charge in [0.1, 0.15) is 11.3 Å². The molecule has 0 unspecified atom stereocenters. The average Bonchev–Trinajstić information content (AvgIpc) is 2.29. The Morgan fingerprint density at radius 1 is 1.25 bits per heavy atom. The average molecular weight is 335 g/mol. The molecule has 6 heteroatoms. The van der Waals surface area contributed by atoms with Crippen LogP contribution in [0.4, 0.5) is 0 Å². The van der Waals surface area contributed by atoms with E-state index in [4.69, 9.17) is 32.4 Å². The van der Waals surface area contributed by atoms with E-state index in [1.54, 1.807) is 6.07 Å². The molecule has 0 aliphatic heterocycles. The molecule has 0 aliphatic carbocycles. The van der Waals surface area contributed by atoms with Gasteiger partial charge in [0.05, 0.1) is 12.1 Å². The van der Waals surface area contributed by atoms with Crippen LogP contribution in [0, 0.1) is 0 Å². The van der Waals surface area contributed by atoms with Gasteiger partial charge in [0, 0.05) is 5.02 Å². The van der Waals surface area contributed by atoms with Gasteiger partial charge in [0.2, 0.25) is 9.04 Å². The molecule has 3 nitrogen and oxygen atoms in total. The minimum Gasteiger partial charge on any atom is -0.545 e. The summed E-state index contributed by atoms with van der Waals surface area (Å²) < 4.78 is 10.6. The zero-order valence-electron chi connectivity index (χ0n) is 12.6. The molecule has 0 radical (unpaired) electrons. The van der Waals surface area contributed by atoms with E-state index in [0.717, 1.165) is 5.56 Å². The highest BCUT2D eigenvalue weighted by atomic mass is 35.5. The normalized spacial score (nSPS) is 11.7. The van der Waals surface area contributed by atoms with Crippen LogP contribution in [0.2, 0.25) is 23.1 Å². The molecule has 0 bridgehead atoms. The van der Waals surface area contributed by atoms with Gasteiger partial charge in [-0.05, 0) is 30.1 Å². The monoisotopic (exact) mass is 334 g/mol. The van der Waals surface area contributed by atoms with Crippen molar-refractivity contribution in [1.29, 1.82) is 0 Å². The molecular weight excluding hydrogens is 315 g/mol. The standard InChI is InChI=1S/C14H20Cl2O3Si/c1-14(2,3)10-9(15)7-8(13(17)18-4)12(11(10)16)19-20(5)6/h7,20H,1-6H3. The molecule has 1 aromatic rings. The maximum atomic E-state index is 11.9. The molecule has 0 heterocycles. The van der Waals surface area contributed by atoms with Gasteiger partial charge >= 0.3 is 5.97 Å². The van der Waals surface area contributed by atoms with Crippen LogP contribution in [0.1, 0.15) is 36.7 Å². The topological polar surface area (TPSA) is 35.5 Å². The first-order chi connectivity index (χ1) is 9.09. The van der Waals surface area contributed by atoms with Crippen LogP contribution < -0.4 is 4.43 Å². The number of hydrogen-bond donors (Lipinski definition) is 0. The minimum absolute atomic E-state index is 0.251. The number of halogens is 2. The Morgan fingerprint density at radius 3 is 2.20 bits per heavy atom. The predicted octanol–water partition coefficient (Wildman–Crippen LogP) is 4.44. The van der Waals surface area contributed by atoms with Crippen LogP contribution in [0.15, 0.2) is 6.07 Å². The lowest BCUT2D eigenvalue weighted by Crippen LogP contribution is -2.19. The van der Waals surface area contributed by atoms with E-state index < -0.39 is 15.0 Å². The maximum absolute atomic E-state index is 11.9. The molecule has 20 heavy (non-hydrogen) atoms. The number of ether oxygens (including phenoxy) is 1. The Balaban J connectivity index is 3.61. The van der Waals surface area contributed by atoms with E-state index in [2.05, 4.69) is 0 Å². The van der Waals surface area contributed by atoms with E-state index in [9.17, 15) is 4.79 Å². The Morgan fingerprint density at radius 2 is 1.80 bits per heavy atom. The largest absolute Gasteiger partial charge is 0.545 e. The number of hydrogen-bond acceptors (Lipinski definition) is 3. The first-order valence-electron chi connectivity index (χ1n) is 6.37. The number of rotatable bonds is 3. The highest BCUT2D eigenvalue weighted by Crippen LogP contribution is 2.43. The minimum atomic E-state index is -1.43. The van der Waals surface area contributed by atoms with Crippen molar-refractivity contribution in [2.45, 2.75) is 39.3 Å². The quantitative estimate of drug-likeness (QED) is 0.605. The lowest BCUT2D eigenvalue weighted by Gasteiger charge is -2.25. The van der Waals surface area contributed by atoms with E-state index in [1.165, 1.54) is 7.11 Å². The van der Waals surface area contributed by atoms with Gasteiger partial charge in [-0.25, -0.2) is 4.79 Å². The molecule has 0 fully saturated rings. The Hall–Kier alpha value is -0.713. The number of carbonyl (C=O) groups excluding carboxylic acids is 1. The maximum Gasteiger partial charge on any atom is 0.341 e. The Kier molecular flexibility index (Phi) is 5.52.